The van der Waals surface area contributed by atoms with E-state index in [0.29, 0.717) is 5.75 Å². The van der Waals surface area contributed by atoms with Crippen molar-refractivity contribution in [3.63, 3.8) is 0 Å². The lowest BCUT2D eigenvalue weighted by atomic mass is 10.2. The molecule has 3 nitrogen and oxygen atoms in total. The molecule has 0 saturated heterocycles. The third-order valence-electron chi connectivity index (χ3n) is 1.86. The summed E-state index contributed by atoms with van der Waals surface area (Å²) in [4.78, 5) is 14.5. The normalized spacial score (nSPS) is 11.5. The van der Waals surface area contributed by atoms with Crippen LogP contribution in [0.5, 0.6) is 0 Å². The molecule has 0 aliphatic heterocycles. The number of primary amides is 1. The largest absolute Gasteiger partial charge is 0.433 e. The Balaban J connectivity index is 3.14. The van der Waals surface area contributed by atoms with Crippen LogP contribution in [0.2, 0.25) is 0 Å². The van der Waals surface area contributed by atoms with Gasteiger partial charge in [-0.05, 0) is 24.3 Å². The van der Waals surface area contributed by atoms with Crippen molar-refractivity contribution in [1.29, 1.82) is 0 Å². The van der Waals surface area contributed by atoms with Crippen LogP contribution in [0, 0.1) is 0 Å². The lowest BCUT2D eigenvalue weighted by Crippen LogP contribution is -2.16. The van der Waals surface area contributed by atoms with Crippen molar-refractivity contribution in [2.45, 2.75) is 24.5 Å². The summed E-state index contributed by atoms with van der Waals surface area (Å²) < 4.78 is 37.3. The Morgan fingerprint density at radius 3 is 2.59 bits per heavy atom. The molecule has 0 aromatic carbocycles. The number of nitrogens with zero attached hydrogens (tertiary/aromatic N) is 1. The van der Waals surface area contributed by atoms with Gasteiger partial charge >= 0.3 is 6.18 Å². The van der Waals surface area contributed by atoms with Gasteiger partial charge < -0.3 is 5.73 Å². The zero-order chi connectivity index (χ0) is 13.1. The minimum absolute atomic E-state index is 0.0245. The summed E-state index contributed by atoms with van der Waals surface area (Å²) in [5.74, 6) is -0.195. The fourth-order valence-electron chi connectivity index (χ4n) is 1.09. The molecule has 0 unspecified atom stereocenters. The molecule has 1 amide bonds. The topological polar surface area (TPSA) is 56.0 Å². The molecule has 0 aliphatic rings. The summed E-state index contributed by atoms with van der Waals surface area (Å²) in [6, 6.07) is 1.83. The number of nitrogens with two attached hydrogens (primary N) is 1. The van der Waals surface area contributed by atoms with E-state index in [1.54, 1.807) is 0 Å². The smallest absolute Gasteiger partial charge is 0.366 e. The summed E-state index contributed by atoms with van der Waals surface area (Å²) in [5.41, 5.74) is 4.08. The molecule has 0 fully saturated rings. The van der Waals surface area contributed by atoms with Crippen molar-refractivity contribution in [3.05, 3.63) is 23.4 Å². The molecule has 0 radical (unpaired) electrons. The van der Waals surface area contributed by atoms with Gasteiger partial charge in [0, 0.05) is 0 Å². The number of carbonyl (C=O) groups is 1. The Bertz CT molecular complexity index is 421. The maximum atomic E-state index is 12.4. The third-order valence-corrected chi connectivity index (χ3v) is 3.06. The number of hydrogen-bond acceptors (Lipinski definition) is 3. The van der Waals surface area contributed by atoms with Gasteiger partial charge in [0.25, 0.3) is 5.91 Å². The first kappa shape index (κ1) is 13.8. The summed E-state index contributed by atoms with van der Waals surface area (Å²) >= 11 is 1.09. The fraction of sp³-hybridized carbons (Fsp3) is 0.400. The molecule has 0 bridgehead atoms. The summed E-state index contributed by atoms with van der Waals surface area (Å²) in [6.45, 7) is 1.88. The van der Waals surface area contributed by atoms with Crippen LogP contribution in [0.1, 0.15) is 29.4 Å². The molecule has 94 valence electrons. The highest BCUT2D eigenvalue weighted by Crippen LogP contribution is 2.30. The molecule has 2 N–H and O–H groups in total. The zero-order valence-electron chi connectivity index (χ0n) is 9.04. The van der Waals surface area contributed by atoms with Gasteiger partial charge in [0.1, 0.15) is 10.7 Å². The summed E-state index contributed by atoms with van der Waals surface area (Å²) in [6.07, 6.45) is -3.75. The first-order valence-electron chi connectivity index (χ1n) is 4.87. The van der Waals surface area contributed by atoms with Crippen LogP contribution in [-0.2, 0) is 6.18 Å². The molecule has 17 heavy (non-hydrogen) atoms. The van der Waals surface area contributed by atoms with Crippen LogP contribution < -0.4 is 5.73 Å². The second-order valence-electron chi connectivity index (χ2n) is 3.26. The SMILES string of the molecule is CCCSc1nc(C(F)(F)F)ccc1C(N)=O. The van der Waals surface area contributed by atoms with Crippen molar-refractivity contribution in [2.75, 3.05) is 5.75 Å². The Morgan fingerprint density at radius 2 is 2.12 bits per heavy atom. The molecule has 1 aromatic rings. The van der Waals surface area contributed by atoms with E-state index in [1.807, 2.05) is 6.92 Å². The summed E-state index contributed by atoms with van der Waals surface area (Å²) in [7, 11) is 0. The predicted molar refractivity (Wildman–Crippen MR) is 58.8 cm³/mol. The highest BCUT2D eigenvalue weighted by Gasteiger charge is 2.33. The number of pyridine rings is 1. The van der Waals surface area contributed by atoms with Gasteiger partial charge in [0.05, 0.1) is 5.56 Å². The lowest BCUT2D eigenvalue weighted by molar-refractivity contribution is -0.141. The van der Waals surface area contributed by atoms with E-state index in [-0.39, 0.29) is 10.6 Å². The van der Waals surface area contributed by atoms with E-state index in [9.17, 15) is 18.0 Å². The first-order valence-corrected chi connectivity index (χ1v) is 5.85. The third kappa shape index (κ3) is 3.62. The molecule has 0 saturated carbocycles. The molecule has 1 aromatic heterocycles. The predicted octanol–water partition coefficient (Wildman–Crippen LogP) is 2.70. The van der Waals surface area contributed by atoms with E-state index in [4.69, 9.17) is 5.73 Å². The monoisotopic (exact) mass is 264 g/mol. The van der Waals surface area contributed by atoms with Crippen LogP contribution in [0.3, 0.4) is 0 Å². The number of hydrogen-bond donors (Lipinski definition) is 1. The fourth-order valence-corrected chi connectivity index (χ4v) is 1.98. The standard InChI is InChI=1S/C10H11F3N2OS/c1-2-5-17-9-6(8(14)16)3-4-7(15-9)10(11,12)13/h3-4H,2,5H2,1H3,(H2,14,16). The van der Waals surface area contributed by atoms with Gasteiger partial charge in [-0.25, -0.2) is 4.98 Å². The van der Waals surface area contributed by atoms with Crippen LogP contribution in [0.4, 0.5) is 13.2 Å². The van der Waals surface area contributed by atoms with E-state index < -0.39 is 17.8 Å². The zero-order valence-corrected chi connectivity index (χ0v) is 9.86. The van der Waals surface area contributed by atoms with Crippen LogP contribution in [0.25, 0.3) is 0 Å². The number of aromatic nitrogens is 1. The molecule has 0 atom stereocenters. The number of alkyl halides is 3. The van der Waals surface area contributed by atoms with E-state index in [0.717, 1.165) is 30.3 Å². The number of rotatable bonds is 4. The number of carbonyl (C=O) groups excluding carboxylic acids is 1. The average Bonchev–Trinajstić information content (AvgIpc) is 2.24. The van der Waals surface area contributed by atoms with Crippen LogP contribution in [-0.4, -0.2) is 16.6 Å². The van der Waals surface area contributed by atoms with Gasteiger partial charge in [-0.2, -0.15) is 13.2 Å². The van der Waals surface area contributed by atoms with Crippen LogP contribution in [0.15, 0.2) is 17.2 Å². The van der Waals surface area contributed by atoms with Crippen molar-refractivity contribution in [1.82, 2.24) is 4.98 Å². The maximum absolute atomic E-state index is 12.4. The number of amides is 1. The maximum Gasteiger partial charge on any atom is 0.433 e. The average molecular weight is 264 g/mol. The number of halogens is 3. The quantitative estimate of drug-likeness (QED) is 0.851. The Hall–Kier alpha value is -1.24. The molecular weight excluding hydrogens is 253 g/mol. The Kier molecular flexibility index (Phi) is 4.39. The molecule has 1 rings (SSSR count). The van der Waals surface area contributed by atoms with E-state index in [2.05, 4.69) is 4.98 Å². The van der Waals surface area contributed by atoms with Gasteiger partial charge in [-0.15, -0.1) is 11.8 Å². The highest BCUT2D eigenvalue weighted by atomic mass is 32.2. The molecule has 0 spiro atoms. The van der Waals surface area contributed by atoms with E-state index in [1.165, 1.54) is 0 Å². The Morgan fingerprint density at radius 1 is 1.47 bits per heavy atom. The van der Waals surface area contributed by atoms with E-state index >= 15 is 0 Å². The van der Waals surface area contributed by atoms with Crippen molar-refractivity contribution >= 4 is 17.7 Å². The van der Waals surface area contributed by atoms with Crippen molar-refractivity contribution < 1.29 is 18.0 Å². The minimum atomic E-state index is -4.52. The molecule has 0 aliphatic carbocycles. The molecule has 1 heterocycles. The first-order chi connectivity index (χ1) is 7.86. The minimum Gasteiger partial charge on any atom is -0.366 e. The second-order valence-corrected chi connectivity index (χ2v) is 4.34. The lowest BCUT2D eigenvalue weighted by Gasteiger charge is -2.10. The molecular formula is C10H11F3N2OS. The van der Waals surface area contributed by atoms with Crippen LogP contribution >= 0.6 is 11.8 Å². The number of thioether (sulfide) groups is 1. The van der Waals surface area contributed by atoms with Gasteiger partial charge in [0.2, 0.25) is 0 Å². The van der Waals surface area contributed by atoms with Gasteiger partial charge in [0.15, 0.2) is 0 Å². The summed E-state index contributed by atoms with van der Waals surface area (Å²) in [5, 5.41) is 0.0363. The highest BCUT2D eigenvalue weighted by molar-refractivity contribution is 7.99. The second kappa shape index (κ2) is 5.39. The van der Waals surface area contributed by atoms with Crippen molar-refractivity contribution in [2.24, 2.45) is 5.73 Å². The van der Waals surface area contributed by atoms with Crippen molar-refractivity contribution in [3.8, 4) is 0 Å². The van der Waals surface area contributed by atoms with Gasteiger partial charge in [-0.1, -0.05) is 6.92 Å². The van der Waals surface area contributed by atoms with Gasteiger partial charge in [-0.3, -0.25) is 4.79 Å². The molecule has 7 heteroatoms. The Labute approximate surface area is 101 Å².